The molecule has 2 N–H and O–H groups in total. The first-order chi connectivity index (χ1) is 9.30. The third-order valence-corrected chi connectivity index (χ3v) is 4.68. The van der Waals surface area contributed by atoms with Crippen LogP contribution in [0.3, 0.4) is 0 Å². The van der Waals surface area contributed by atoms with Crippen molar-refractivity contribution in [3.8, 4) is 0 Å². The van der Waals surface area contributed by atoms with Gasteiger partial charge in [-0.2, -0.15) is 0 Å². The molecule has 6 heteroatoms. The van der Waals surface area contributed by atoms with Crippen molar-refractivity contribution in [1.29, 1.82) is 0 Å². The zero-order chi connectivity index (χ0) is 15.2. The van der Waals surface area contributed by atoms with Gasteiger partial charge in [0.2, 0.25) is 0 Å². The average Bonchev–Trinajstić information content (AvgIpc) is 2.38. The fourth-order valence-corrected chi connectivity index (χ4v) is 2.42. The highest BCUT2D eigenvalue weighted by Gasteiger charge is 2.19. The van der Waals surface area contributed by atoms with E-state index in [1.807, 2.05) is 45.9 Å². The molecule has 0 aromatic carbocycles. The van der Waals surface area contributed by atoms with E-state index in [9.17, 15) is 9.00 Å². The number of carbonyl (C=O) groups is 1. The maximum Gasteiger partial charge on any atom is 0.315 e. The SMILES string of the molecule is C[C@H](NC(=O)NCC[S@@](=O)C(C)(C)C)c1ccccn1. The topological polar surface area (TPSA) is 71.1 Å². The van der Waals surface area contributed by atoms with Crippen molar-refractivity contribution in [2.24, 2.45) is 0 Å². The van der Waals surface area contributed by atoms with Crippen molar-refractivity contribution < 1.29 is 9.00 Å². The molecule has 0 spiro atoms. The molecule has 20 heavy (non-hydrogen) atoms. The summed E-state index contributed by atoms with van der Waals surface area (Å²) in [5.41, 5.74) is 0.806. The van der Waals surface area contributed by atoms with Crippen molar-refractivity contribution >= 4 is 16.8 Å². The molecule has 0 fully saturated rings. The molecular weight excluding hydrogens is 274 g/mol. The number of pyridine rings is 1. The van der Waals surface area contributed by atoms with Gasteiger partial charge in [-0.1, -0.05) is 6.07 Å². The predicted octanol–water partition coefficient (Wildman–Crippen LogP) is 1.99. The Labute approximate surface area is 123 Å². The van der Waals surface area contributed by atoms with Gasteiger partial charge in [0.15, 0.2) is 0 Å². The highest BCUT2D eigenvalue weighted by Crippen LogP contribution is 2.10. The van der Waals surface area contributed by atoms with Crippen LogP contribution in [0.1, 0.15) is 39.4 Å². The van der Waals surface area contributed by atoms with E-state index in [2.05, 4.69) is 15.6 Å². The lowest BCUT2D eigenvalue weighted by Gasteiger charge is -2.18. The number of nitrogens with zero attached hydrogens (tertiary/aromatic N) is 1. The second-order valence-electron chi connectivity index (χ2n) is 5.54. The molecule has 0 aliphatic heterocycles. The summed E-state index contributed by atoms with van der Waals surface area (Å²) < 4.78 is 11.6. The highest BCUT2D eigenvalue weighted by molar-refractivity contribution is 7.86. The van der Waals surface area contributed by atoms with Crippen LogP contribution < -0.4 is 10.6 Å². The third kappa shape index (κ3) is 5.69. The van der Waals surface area contributed by atoms with E-state index in [4.69, 9.17) is 0 Å². The zero-order valence-electron chi connectivity index (χ0n) is 12.5. The third-order valence-electron chi connectivity index (χ3n) is 2.74. The first-order valence-corrected chi connectivity index (χ1v) is 7.96. The predicted molar refractivity (Wildman–Crippen MR) is 81.9 cm³/mol. The minimum absolute atomic E-state index is 0.163. The summed E-state index contributed by atoms with van der Waals surface area (Å²) in [4.78, 5) is 15.9. The van der Waals surface area contributed by atoms with Gasteiger partial charge in [0.05, 0.1) is 11.7 Å². The minimum Gasteiger partial charge on any atom is -0.337 e. The van der Waals surface area contributed by atoms with Crippen LogP contribution in [0.15, 0.2) is 24.4 Å². The maximum atomic E-state index is 11.8. The number of rotatable bonds is 5. The van der Waals surface area contributed by atoms with Crippen LogP contribution >= 0.6 is 0 Å². The molecule has 1 aromatic heterocycles. The molecular formula is C14H23N3O2S. The van der Waals surface area contributed by atoms with Crippen molar-refractivity contribution in [3.63, 3.8) is 0 Å². The smallest absolute Gasteiger partial charge is 0.315 e. The number of hydrogen-bond acceptors (Lipinski definition) is 3. The molecule has 1 rings (SSSR count). The molecule has 0 aliphatic rings. The number of carbonyl (C=O) groups excluding carboxylic acids is 1. The Morgan fingerprint density at radius 3 is 2.65 bits per heavy atom. The normalized spacial score (nSPS) is 14.4. The largest absolute Gasteiger partial charge is 0.337 e. The summed E-state index contributed by atoms with van der Waals surface area (Å²) in [5, 5.41) is 5.51. The Bertz CT molecular complexity index is 457. The van der Waals surface area contributed by atoms with Crippen LogP contribution in [0, 0.1) is 0 Å². The maximum absolute atomic E-state index is 11.8. The summed E-state index contributed by atoms with van der Waals surface area (Å²) >= 11 is 0. The lowest BCUT2D eigenvalue weighted by atomic mass is 10.2. The van der Waals surface area contributed by atoms with Crippen molar-refractivity contribution in [1.82, 2.24) is 15.6 Å². The van der Waals surface area contributed by atoms with Crippen molar-refractivity contribution in [2.75, 3.05) is 12.3 Å². The molecule has 1 heterocycles. The molecule has 112 valence electrons. The van der Waals surface area contributed by atoms with Gasteiger partial charge < -0.3 is 10.6 Å². The Balaban J connectivity index is 2.33. The van der Waals surface area contributed by atoms with E-state index in [0.717, 1.165) is 5.69 Å². The van der Waals surface area contributed by atoms with Crippen LogP contribution in [0.5, 0.6) is 0 Å². The number of urea groups is 1. The van der Waals surface area contributed by atoms with Crippen LogP contribution in [0.2, 0.25) is 0 Å². The summed E-state index contributed by atoms with van der Waals surface area (Å²) in [7, 11) is -0.957. The molecule has 2 atom stereocenters. The fourth-order valence-electron chi connectivity index (χ4n) is 1.52. The Morgan fingerprint density at radius 1 is 1.40 bits per heavy atom. The minimum atomic E-state index is -0.957. The molecule has 0 saturated heterocycles. The monoisotopic (exact) mass is 297 g/mol. The molecule has 0 saturated carbocycles. The molecule has 2 amide bonds. The van der Waals surface area contributed by atoms with Gasteiger partial charge in [-0.05, 0) is 39.8 Å². The Kier molecular flexibility index (Phi) is 6.13. The van der Waals surface area contributed by atoms with E-state index in [0.29, 0.717) is 12.3 Å². The van der Waals surface area contributed by atoms with Crippen LogP contribution in [-0.2, 0) is 10.8 Å². The number of aromatic nitrogens is 1. The molecule has 0 bridgehead atoms. The molecule has 0 aliphatic carbocycles. The number of nitrogens with one attached hydrogen (secondary N) is 2. The first-order valence-electron chi connectivity index (χ1n) is 6.64. The van der Waals surface area contributed by atoms with Gasteiger partial charge in [-0.15, -0.1) is 0 Å². The van der Waals surface area contributed by atoms with Gasteiger partial charge in [-0.25, -0.2) is 4.79 Å². The second-order valence-corrected chi connectivity index (χ2v) is 7.86. The van der Waals surface area contributed by atoms with Gasteiger partial charge >= 0.3 is 6.03 Å². The lowest BCUT2D eigenvalue weighted by Crippen LogP contribution is -2.40. The lowest BCUT2D eigenvalue weighted by molar-refractivity contribution is 0.238. The van der Waals surface area contributed by atoms with Crippen LogP contribution in [-0.4, -0.2) is 32.3 Å². The van der Waals surface area contributed by atoms with E-state index < -0.39 is 10.8 Å². The molecule has 0 unspecified atom stereocenters. The molecule has 1 aromatic rings. The van der Waals surface area contributed by atoms with E-state index in [1.54, 1.807) is 6.20 Å². The average molecular weight is 297 g/mol. The first kappa shape index (κ1) is 16.6. The summed E-state index contributed by atoms with van der Waals surface area (Å²) in [6.45, 7) is 8.03. The van der Waals surface area contributed by atoms with Crippen LogP contribution in [0.4, 0.5) is 4.79 Å². The Hall–Kier alpha value is -1.43. The summed E-state index contributed by atoms with van der Waals surface area (Å²) in [5.74, 6) is 0.453. The van der Waals surface area contributed by atoms with Crippen molar-refractivity contribution in [3.05, 3.63) is 30.1 Å². The summed E-state index contributed by atoms with van der Waals surface area (Å²) in [6, 6.07) is 5.14. The van der Waals surface area contributed by atoms with E-state index >= 15 is 0 Å². The number of amides is 2. The second kappa shape index (κ2) is 7.38. The zero-order valence-corrected chi connectivity index (χ0v) is 13.3. The van der Waals surface area contributed by atoms with Crippen molar-refractivity contribution in [2.45, 2.75) is 38.5 Å². The van der Waals surface area contributed by atoms with E-state index in [-0.39, 0.29) is 16.8 Å². The standard InChI is InChI=1S/C14H23N3O2S/c1-11(12-7-5-6-8-15-12)17-13(18)16-9-10-20(19)14(2,3)4/h5-8,11H,9-10H2,1-4H3,(H2,16,17,18)/t11-,20+/m0/s1. The number of hydrogen-bond donors (Lipinski definition) is 2. The highest BCUT2D eigenvalue weighted by atomic mass is 32.2. The Morgan fingerprint density at radius 2 is 2.10 bits per heavy atom. The van der Waals surface area contributed by atoms with Gasteiger partial charge in [0.1, 0.15) is 0 Å². The van der Waals surface area contributed by atoms with E-state index in [1.165, 1.54) is 0 Å². The van der Waals surface area contributed by atoms with Gasteiger partial charge in [-0.3, -0.25) is 9.19 Å². The molecule has 0 radical (unpaired) electrons. The quantitative estimate of drug-likeness (QED) is 0.873. The fraction of sp³-hybridized carbons (Fsp3) is 0.571. The van der Waals surface area contributed by atoms with Gasteiger partial charge in [0.25, 0.3) is 0 Å². The summed E-state index contributed by atoms with van der Waals surface area (Å²) in [6.07, 6.45) is 1.69. The van der Waals surface area contributed by atoms with Crippen LogP contribution in [0.25, 0.3) is 0 Å². The molecule has 5 nitrogen and oxygen atoms in total. The van der Waals surface area contributed by atoms with Gasteiger partial charge in [0, 0.05) is 34.0 Å².